The number of nitrogens with two attached hydrogens (primary N) is 3. The number of phenols is 2. The summed E-state index contributed by atoms with van der Waals surface area (Å²) in [6.45, 7) is 0. The average Bonchev–Trinajstić information content (AvgIpc) is 3.30. The van der Waals surface area contributed by atoms with Gasteiger partial charge in [-0.2, -0.15) is 18.2 Å². The predicted octanol–water partition coefficient (Wildman–Crippen LogP) is 5.95. The van der Waals surface area contributed by atoms with Crippen LogP contribution in [0.1, 0.15) is 0 Å². The summed E-state index contributed by atoms with van der Waals surface area (Å²) in [4.78, 5) is 0. The van der Waals surface area contributed by atoms with Crippen LogP contribution in [0.5, 0.6) is 17.2 Å². The Labute approximate surface area is 228 Å². The molecule has 0 spiro atoms. The van der Waals surface area contributed by atoms with E-state index in [2.05, 4.69) is 0 Å². The maximum Gasteiger partial charge on any atom is 0.115 e. The van der Waals surface area contributed by atoms with Crippen molar-refractivity contribution in [1.82, 2.24) is 0 Å². The molecule has 0 aromatic heterocycles. The van der Waals surface area contributed by atoms with Gasteiger partial charge in [0.05, 0.1) is 0 Å². The quantitative estimate of drug-likeness (QED) is 0.0850. The van der Waals surface area contributed by atoms with Crippen LogP contribution in [0.4, 0.5) is 17.1 Å². The topological polar surface area (TPSA) is 142 Å². The van der Waals surface area contributed by atoms with Crippen LogP contribution in [0, 0.1) is 37.1 Å². The zero-order valence-electron chi connectivity index (χ0n) is 21.3. The molecule has 8 N–H and O–H groups in total. The maximum absolute atomic E-state index is 10.4. The Bertz CT molecular complexity index is 714. The van der Waals surface area contributed by atoms with Gasteiger partial charge in [-0.15, -0.1) is 5.75 Å². The minimum absolute atomic E-state index is 0. The van der Waals surface area contributed by atoms with Crippen LogP contribution in [0.25, 0.3) is 0 Å². The molecule has 6 nitrogen and oxygen atoms in total. The molecule has 0 radical (unpaired) electrons. The van der Waals surface area contributed by atoms with Crippen molar-refractivity contribution >= 4 is 17.1 Å². The van der Waals surface area contributed by atoms with Crippen molar-refractivity contribution in [2.45, 2.75) is 0 Å². The molecule has 0 unspecified atom stereocenters. The molecular formula is C28H40N3O3Ti-7. The first-order chi connectivity index (χ1) is 13.9. The number of phenolic OH excluding ortho intramolecular Hbond substituents is 2. The molecule has 0 saturated carbocycles. The van der Waals surface area contributed by atoms with Gasteiger partial charge in [0.1, 0.15) is 11.5 Å². The smallest absolute Gasteiger partial charge is 0.115 e. The van der Waals surface area contributed by atoms with Crippen molar-refractivity contribution in [2.24, 2.45) is 0 Å². The number of rotatable bonds is 0. The van der Waals surface area contributed by atoms with Gasteiger partial charge in [0, 0.05) is 38.8 Å². The summed E-state index contributed by atoms with van der Waals surface area (Å²) in [5.41, 5.74) is 17.9. The summed E-state index contributed by atoms with van der Waals surface area (Å²) in [5, 5.41) is 27.8. The van der Waals surface area contributed by atoms with Crippen LogP contribution in [0.3, 0.4) is 0 Å². The molecule has 0 aliphatic carbocycles. The summed E-state index contributed by atoms with van der Waals surface area (Å²) in [6, 6.07) is 28.8. The summed E-state index contributed by atoms with van der Waals surface area (Å²) in [7, 11) is 0. The molecule has 4 rings (SSSR count). The first-order valence-corrected chi connectivity index (χ1v) is 8.65. The molecule has 0 heterocycles. The first-order valence-electron chi connectivity index (χ1n) is 8.65. The Morgan fingerprint density at radius 2 is 0.771 bits per heavy atom. The van der Waals surface area contributed by atoms with Gasteiger partial charge in [0.15, 0.2) is 0 Å². The van der Waals surface area contributed by atoms with Gasteiger partial charge >= 0.3 is 0 Å². The van der Waals surface area contributed by atoms with Crippen molar-refractivity contribution in [3.63, 3.8) is 0 Å². The number of anilines is 3. The molecule has 0 saturated heterocycles. The molecule has 4 aromatic rings. The molecule has 0 bridgehead atoms. The van der Waals surface area contributed by atoms with Crippen molar-refractivity contribution in [2.75, 3.05) is 17.2 Å². The summed E-state index contributed by atoms with van der Waals surface area (Å²) in [6.07, 6.45) is 0. The van der Waals surface area contributed by atoms with Gasteiger partial charge in [-0.05, 0) is 60.7 Å². The van der Waals surface area contributed by atoms with Gasteiger partial charge in [-0.25, -0.2) is 12.1 Å². The summed E-state index contributed by atoms with van der Waals surface area (Å²) < 4.78 is 0. The molecule has 0 aliphatic heterocycles. The number of aromatic hydroxyl groups is 2. The third kappa shape index (κ3) is 25.0. The number of nitrogen functional groups attached to an aromatic ring is 3. The number of benzene rings is 3. The van der Waals surface area contributed by atoms with Gasteiger partial charge in [-0.1, -0.05) is 12.1 Å². The fraction of sp³-hybridized carbons (Fsp3) is 0. The first kappa shape index (κ1) is 45.1. The Kier molecular flexibility index (Phi) is 34.5. The molecule has 0 fully saturated rings. The molecule has 35 heavy (non-hydrogen) atoms. The molecule has 0 atom stereocenters. The van der Waals surface area contributed by atoms with Crippen molar-refractivity contribution < 1.29 is 37.0 Å². The maximum atomic E-state index is 10.4. The third-order valence-electron chi connectivity index (χ3n) is 3.22. The Morgan fingerprint density at radius 3 is 0.943 bits per heavy atom. The standard InChI is InChI=1S/3C6H7NO.C5H5.5CH3.Ti/c3*7-5-1-3-6(8)4-2-5;1-2-4-5-3-1;;;;;;/h3*1-4,8H,7H2;1-5H;5*1H3;/q;;;6*-1;/p-1. The van der Waals surface area contributed by atoms with Gasteiger partial charge in [0.2, 0.25) is 0 Å². The van der Waals surface area contributed by atoms with E-state index in [1.54, 1.807) is 60.7 Å². The second-order valence-corrected chi connectivity index (χ2v) is 5.71. The molecule has 4 aromatic carbocycles. The Balaban J connectivity index is -0.0000000765. The van der Waals surface area contributed by atoms with E-state index in [0.717, 1.165) is 0 Å². The fourth-order valence-corrected chi connectivity index (χ4v) is 1.74. The average molecular weight is 515 g/mol. The van der Waals surface area contributed by atoms with Crippen LogP contribution < -0.4 is 22.3 Å². The number of hydrogen-bond acceptors (Lipinski definition) is 6. The molecule has 0 aliphatic rings. The van der Waals surface area contributed by atoms with Gasteiger partial charge < -0.3 is 69.7 Å². The second-order valence-electron chi connectivity index (χ2n) is 5.71. The summed E-state index contributed by atoms with van der Waals surface area (Å²) >= 11 is 0. The molecule has 0 amide bonds. The Hall–Kier alpha value is -3.48. The minimum atomic E-state index is -0.000741. The summed E-state index contributed by atoms with van der Waals surface area (Å²) in [5.74, 6) is 0.498. The van der Waals surface area contributed by atoms with Crippen molar-refractivity contribution in [3.05, 3.63) is 140 Å². The van der Waals surface area contributed by atoms with Gasteiger partial charge in [-0.3, -0.25) is 0 Å². The molecular weight excluding hydrogens is 474 g/mol. The van der Waals surface area contributed by atoms with E-state index >= 15 is 0 Å². The molecule has 7 heteroatoms. The van der Waals surface area contributed by atoms with Crippen LogP contribution in [0.2, 0.25) is 0 Å². The van der Waals surface area contributed by atoms with E-state index < -0.39 is 0 Å². The van der Waals surface area contributed by atoms with E-state index in [0.29, 0.717) is 17.1 Å². The van der Waals surface area contributed by atoms with E-state index in [-0.39, 0.29) is 76.1 Å². The third-order valence-corrected chi connectivity index (χ3v) is 3.22. The zero-order chi connectivity index (χ0) is 21.5. The predicted molar refractivity (Wildman–Crippen MR) is 149 cm³/mol. The molecule has 196 valence electrons. The second kappa shape index (κ2) is 26.8. The SMILES string of the molecule is Nc1ccc(O)cc1.Nc1ccc(O)cc1.Nc1ccc([O-])cc1.[CH3-].[CH3-].[CH3-].[CH3-].[CH3-].[Ti].c1cc[cH-]c1. The zero-order valence-corrected chi connectivity index (χ0v) is 22.9. The normalized spacial score (nSPS) is 7.31. The largest absolute Gasteiger partial charge is 0.872 e. The Morgan fingerprint density at radius 1 is 0.514 bits per heavy atom. The minimum Gasteiger partial charge on any atom is -0.872 e. The van der Waals surface area contributed by atoms with Crippen LogP contribution in [-0.4, -0.2) is 10.2 Å². The van der Waals surface area contributed by atoms with Crippen molar-refractivity contribution in [1.29, 1.82) is 0 Å². The van der Waals surface area contributed by atoms with E-state index in [4.69, 9.17) is 27.4 Å². The monoisotopic (exact) mass is 514 g/mol. The van der Waals surface area contributed by atoms with Crippen LogP contribution in [0.15, 0.2) is 103 Å². The fourth-order valence-electron chi connectivity index (χ4n) is 1.74. The van der Waals surface area contributed by atoms with Crippen LogP contribution >= 0.6 is 0 Å². The van der Waals surface area contributed by atoms with Crippen molar-refractivity contribution in [3.8, 4) is 17.2 Å². The van der Waals surface area contributed by atoms with E-state index in [9.17, 15) is 5.11 Å². The van der Waals surface area contributed by atoms with E-state index in [1.807, 2.05) is 30.3 Å². The van der Waals surface area contributed by atoms with Gasteiger partial charge in [0.25, 0.3) is 0 Å². The van der Waals surface area contributed by atoms with Crippen LogP contribution in [-0.2, 0) is 21.7 Å². The van der Waals surface area contributed by atoms with E-state index in [1.165, 1.54) is 12.1 Å². The number of hydrogen-bond donors (Lipinski definition) is 5.